The van der Waals surface area contributed by atoms with E-state index in [1.54, 1.807) is 55.7 Å². The third-order valence-corrected chi connectivity index (χ3v) is 5.36. The Morgan fingerprint density at radius 2 is 1.87 bits per heavy atom. The molecule has 0 saturated carbocycles. The third kappa shape index (κ3) is 4.46. The van der Waals surface area contributed by atoms with Gasteiger partial charge in [0.05, 0.1) is 12.0 Å². The Morgan fingerprint density at radius 1 is 1.16 bits per heavy atom. The van der Waals surface area contributed by atoms with Gasteiger partial charge in [0, 0.05) is 22.7 Å². The van der Waals surface area contributed by atoms with Crippen molar-refractivity contribution in [2.75, 3.05) is 5.32 Å². The highest BCUT2D eigenvalue weighted by molar-refractivity contribution is 6.30. The number of nitrogens with two attached hydrogens (primary N) is 1. The zero-order valence-electron chi connectivity index (χ0n) is 16.8. The Morgan fingerprint density at radius 3 is 2.48 bits per heavy atom. The number of carbonyl (C=O) groups excluding carboxylic acids is 2. The van der Waals surface area contributed by atoms with Crippen molar-refractivity contribution in [1.29, 1.82) is 0 Å². The van der Waals surface area contributed by atoms with Crippen LogP contribution in [0.4, 0.5) is 5.69 Å². The monoisotopic (exact) mass is 436 g/mol. The maximum absolute atomic E-state index is 13.3. The number of primary amides is 1. The van der Waals surface area contributed by atoms with E-state index >= 15 is 0 Å². The van der Waals surface area contributed by atoms with Gasteiger partial charge in [-0.05, 0) is 61.0 Å². The van der Waals surface area contributed by atoms with Gasteiger partial charge in [0.15, 0.2) is 0 Å². The Bertz CT molecular complexity index is 1110. The minimum Gasteiger partial charge on any atom is -0.467 e. The van der Waals surface area contributed by atoms with Gasteiger partial charge in [-0.1, -0.05) is 23.7 Å². The molecule has 0 bridgehead atoms. The Balaban J connectivity index is 1.56. The van der Waals surface area contributed by atoms with Gasteiger partial charge in [0.25, 0.3) is 5.91 Å². The molecular weight excluding hydrogens is 416 g/mol. The number of carbonyl (C=O) groups is 2. The van der Waals surface area contributed by atoms with E-state index in [1.807, 2.05) is 18.2 Å². The maximum atomic E-state index is 13.3. The number of nitrogens with one attached hydrogen (secondary N) is 1. The maximum Gasteiger partial charge on any atom is 0.265 e. The molecular formula is C23H21ClN4O3. The standard InChI is InChI=1S/C23H21ClN4O3/c1-14(26-18-10-6-16(7-11-18)22(25)29)23(30)28-20(21-3-2-12-31-21)13-19(27-28)15-4-8-17(24)9-5-15/h2-12,14,20,26H,13H2,1H3,(H2,25,29)/t14-,20-/m1/s1. The van der Waals surface area contributed by atoms with Crippen LogP contribution in [0.2, 0.25) is 5.02 Å². The van der Waals surface area contributed by atoms with Gasteiger partial charge in [-0.3, -0.25) is 9.59 Å². The normalized spacial score (nSPS) is 16.6. The predicted molar refractivity (Wildman–Crippen MR) is 119 cm³/mol. The van der Waals surface area contributed by atoms with E-state index in [0.29, 0.717) is 28.5 Å². The van der Waals surface area contributed by atoms with Crippen molar-refractivity contribution in [2.24, 2.45) is 10.8 Å². The molecule has 3 aromatic rings. The SMILES string of the molecule is C[C@@H](Nc1ccc(C(N)=O)cc1)C(=O)N1N=C(c2ccc(Cl)cc2)C[C@@H]1c1ccco1. The number of rotatable bonds is 6. The molecule has 31 heavy (non-hydrogen) atoms. The van der Waals surface area contributed by atoms with Crippen LogP contribution in [-0.4, -0.2) is 28.6 Å². The van der Waals surface area contributed by atoms with E-state index in [2.05, 4.69) is 10.4 Å². The highest BCUT2D eigenvalue weighted by atomic mass is 35.5. The zero-order chi connectivity index (χ0) is 22.0. The fraction of sp³-hybridized carbons (Fsp3) is 0.174. The van der Waals surface area contributed by atoms with Crippen LogP contribution in [0.1, 0.15) is 41.1 Å². The summed E-state index contributed by atoms with van der Waals surface area (Å²) in [5.41, 5.74) is 8.06. The van der Waals surface area contributed by atoms with Crippen molar-refractivity contribution in [3.63, 3.8) is 0 Å². The first kappa shape index (κ1) is 20.7. The molecule has 8 heteroatoms. The summed E-state index contributed by atoms with van der Waals surface area (Å²) >= 11 is 6.00. The summed E-state index contributed by atoms with van der Waals surface area (Å²) in [7, 11) is 0. The highest BCUT2D eigenvalue weighted by Gasteiger charge is 2.36. The summed E-state index contributed by atoms with van der Waals surface area (Å²) in [5.74, 6) is -0.0403. The van der Waals surface area contributed by atoms with Crippen LogP contribution >= 0.6 is 11.6 Å². The van der Waals surface area contributed by atoms with Crippen molar-refractivity contribution in [3.05, 3.63) is 88.8 Å². The number of amides is 2. The molecule has 0 fully saturated rings. The molecule has 1 aliphatic rings. The molecule has 0 saturated heterocycles. The smallest absolute Gasteiger partial charge is 0.265 e. The van der Waals surface area contributed by atoms with Crippen LogP contribution in [0, 0.1) is 0 Å². The molecule has 0 spiro atoms. The van der Waals surface area contributed by atoms with Crippen molar-refractivity contribution < 1.29 is 14.0 Å². The molecule has 2 aromatic carbocycles. The van der Waals surface area contributed by atoms with Gasteiger partial charge in [-0.2, -0.15) is 5.10 Å². The second kappa shape index (κ2) is 8.65. The zero-order valence-corrected chi connectivity index (χ0v) is 17.5. The Kier molecular flexibility index (Phi) is 5.77. The first-order valence-electron chi connectivity index (χ1n) is 9.78. The number of halogens is 1. The molecule has 7 nitrogen and oxygen atoms in total. The number of hydrogen-bond acceptors (Lipinski definition) is 5. The Hall–Kier alpha value is -3.58. The fourth-order valence-electron chi connectivity index (χ4n) is 3.47. The van der Waals surface area contributed by atoms with E-state index in [4.69, 9.17) is 21.8 Å². The first-order chi connectivity index (χ1) is 14.9. The molecule has 158 valence electrons. The number of hydrazone groups is 1. The second-order valence-corrected chi connectivity index (χ2v) is 7.72. The van der Waals surface area contributed by atoms with Crippen LogP contribution in [0.5, 0.6) is 0 Å². The van der Waals surface area contributed by atoms with Gasteiger partial charge in [0.1, 0.15) is 17.8 Å². The van der Waals surface area contributed by atoms with E-state index in [-0.39, 0.29) is 11.9 Å². The lowest BCUT2D eigenvalue weighted by Crippen LogP contribution is -2.38. The average Bonchev–Trinajstić information content (AvgIpc) is 3.44. The summed E-state index contributed by atoms with van der Waals surface area (Å²) in [4.78, 5) is 24.5. The third-order valence-electron chi connectivity index (χ3n) is 5.11. The van der Waals surface area contributed by atoms with Gasteiger partial charge in [0.2, 0.25) is 5.91 Å². The minimum absolute atomic E-state index is 0.204. The fourth-order valence-corrected chi connectivity index (χ4v) is 3.60. The van der Waals surface area contributed by atoms with Gasteiger partial charge >= 0.3 is 0 Å². The van der Waals surface area contributed by atoms with Crippen LogP contribution in [0.25, 0.3) is 0 Å². The van der Waals surface area contributed by atoms with Crippen molar-refractivity contribution >= 4 is 34.8 Å². The lowest BCUT2D eigenvalue weighted by molar-refractivity contribution is -0.133. The van der Waals surface area contributed by atoms with Crippen molar-refractivity contribution in [3.8, 4) is 0 Å². The molecule has 1 aliphatic heterocycles. The molecule has 1 aromatic heterocycles. The molecule has 3 N–H and O–H groups in total. The molecule has 2 atom stereocenters. The van der Waals surface area contributed by atoms with Crippen LogP contribution in [0.15, 0.2) is 76.4 Å². The number of hydrogen-bond donors (Lipinski definition) is 2. The molecule has 0 radical (unpaired) electrons. The average molecular weight is 437 g/mol. The van der Waals surface area contributed by atoms with E-state index in [9.17, 15) is 9.59 Å². The summed E-state index contributed by atoms with van der Waals surface area (Å²) in [5, 5.41) is 9.88. The quantitative estimate of drug-likeness (QED) is 0.604. The predicted octanol–water partition coefficient (Wildman–Crippen LogP) is 4.21. The molecule has 0 aliphatic carbocycles. The number of furan rings is 1. The molecule has 4 rings (SSSR count). The lowest BCUT2D eigenvalue weighted by atomic mass is 10.0. The number of nitrogens with zero attached hydrogens (tertiary/aromatic N) is 2. The summed E-state index contributed by atoms with van der Waals surface area (Å²) in [6.07, 6.45) is 2.11. The number of anilines is 1. The topological polar surface area (TPSA) is 101 Å². The van der Waals surface area contributed by atoms with E-state index in [0.717, 1.165) is 11.3 Å². The van der Waals surface area contributed by atoms with Crippen LogP contribution in [0.3, 0.4) is 0 Å². The first-order valence-corrected chi connectivity index (χ1v) is 10.2. The minimum atomic E-state index is -0.565. The second-order valence-electron chi connectivity index (χ2n) is 7.28. The summed E-state index contributed by atoms with van der Waals surface area (Å²) in [6.45, 7) is 1.76. The van der Waals surface area contributed by atoms with Gasteiger partial charge in [-0.15, -0.1) is 0 Å². The Labute approximate surface area is 184 Å². The number of benzene rings is 2. The molecule has 0 unspecified atom stereocenters. The largest absolute Gasteiger partial charge is 0.467 e. The van der Waals surface area contributed by atoms with E-state index < -0.39 is 11.9 Å². The van der Waals surface area contributed by atoms with Crippen molar-refractivity contribution in [1.82, 2.24) is 5.01 Å². The molecule has 2 heterocycles. The van der Waals surface area contributed by atoms with Crippen LogP contribution in [-0.2, 0) is 4.79 Å². The summed E-state index contributed by atoms with van der Waals surface area (Å²) < 4.78 is 5.58. The van der Waals surface area contributed by atoms with Gasteiger partial charge < -0.3 is 15.5 Å². The highest BCUT2D eigenvalue weighted by Crippen LogP contribution is 2.34. The summed E-state index contributed by atoms with van der Waals surface area (Å²) in [6, 6.07) is 16.7. The molecule has 2 amide bonds. The van der Waals surface area contributed by atoms with Crippen molar-refractivity contribution in [2.45, 2.75) is 25.4 Å². The van der Waals surface area contributed by atoms with Crippen LogP contribution < -0.4 is 11.1 Å². The van der Waals surface area contributed by atoms with Gasteiger partial charge in [-0.25, -0.2) is 5.01 Å². The van der Waals surface area contributed by atoms with E-state index in [1.165, 1.54) is 5.01 Å². The lowest BCUT2D eigenvalue weighted by Gasteiger charge is -2.24.